The molecule has 1 saturated heterocycles. The molecule has 0 N–H and O–H groups in total. The van der Waals surface area contributed by atoms with Gasteiger partial charge >= 0.3 is 5.76 Å². The predicted octanol–water partition coefficient (Wildman–Crippen LogP) is 2.03. The number of aryl methyl sites for hydroxylation is 1. The number of nitrogens with zero attached hydrogens (tertiary/aromatic N) is 5. The minimum absolute atomic E-state index is 0.0663. The Morgan fingerprint density at radius 1 is 1.13 bits per heavy atom. The Balaban J connectivity index is 1.44. The molecular weight excluding hydrogens is 406 g/mol. The molecule has 9 nitrogen and oxygen atoms in total. The van der Waals surface area contributed by atoms with Crippen LogP contribution in [0.25, 0.3) is 22.5 Å². The van der Waals surface area contributed by atoms with E-state index in [2.05, 4.69) is 10.2 Å². The summed E-state index contributed by atoms with van der Waals surface area (Å²) in [7, 11) is -2.15. The summed E-state index contributed by atoms with van der Waals surface area (Å²) in [4.78, 5) is 11.8. The van der Waals surface area contributed by atoms with E-state index in [9.17, 15) is 13.2 Å². The van der Waals surface area contributed by atoms with Crippen molar-refractivity contribution in [3.05, 3.63) is 65.4 Å². The highest BCUT2D eigenvalue weighted by atomic mass is 32.2. The van der Waals surface area contributed by atoms with E-state index in [1.165, 1.54) is 21.0 Å². The van der Waals surface area contributed by atoms with Gasteiger partial charge in [-0.2, -0.15) is 4.31 Å². The lowest BCUT2D eigenvalue weighted by Gasteiger charge is -2.18. The van der Waals surface area contributed by atoms with Gasteiger partial charge in [0.25, 0.3) is 0 Å². The fourth-order valence-electron chi connectivity index (χ4n) is 3.88. The summed E-state index contributed by atoms with van der Waals surface area (Å²) in [6.07, 6.45) is 2.30. The summed E-state index contributed by atoms with van der Waals surface area (Å²) in [5.74, 6) is 0.189. The van der Waals surface area contributed by atoms with Gasteiger partial charge in [0.1, 0.15) is 6.33 Å². The van der Waals surface area contributed by atoms with Gasteiger partial charge in [0.15, 0.2) is 11.4 Å². The molecule has 2 aromatic heterocycles. The first-order chi connectivity index (χ1) is 14.4. The maximum atomic E-state index is 13.2. The van der Waals surface area contributed by atoms with Crippen molar-refractivity contribution < 1.29 is 12.8 Å². The highest BCUT2D eigenvalue weighted by Gasteiger charge is 2.34. The van der Waals surface area contributed by atoms with Gasteiger partial charge in [-0.25, -0.2) is 13.2 Å². The minimum Gasteiger partial charge on any atom is -0.408 e. The van der Waals surface area contributed by atoms with Gasteiger partial charge in [0.05, 0.1) is 16.5 Å². The molecule has 4 aromatic rings. The molecule has 5 rings (SSSR count). The van der Waals surface area contributed by atoms with E-state index in [-0.39, 0.29) is 16.5 Å². The van der Waals surface area contributed by atoms with Gasteiger partial charge in [0, 0.05) is 31.8 Å². The molecule has 1 unspecified atom stereocenters. The van der Waals surface area contributed by atoms with Crippen LogP contribution in [0.1, 0.15) is 12.5 Å². The first-order valence-electron chi connectivity index (χ1n) is 9.50. The van der Waals surface area contributed by atoms with Crippen LogP contribution in [0.15, 0.2) is 69.0 Å². The molecule has 1 fully saturated rings. The van der Waals surface area contributed by atoms with E-state index >= 15 is 0 Å². The van der Waals surface area contributed by atoms with Crippen LogP contribution in [0.3, 0.4) is 0 Å². The standard InChI is InChI=1S/C20H19N5O4S/c1-23-17-8-7-16(11-18(17)29-20(23)26)30(27,28)24-10-9-15(12-24)25-13-21-22-19(25)14-5-3-2-4-6-14/h2-8,11,13,15H,9-10,12H2,1H3. The van der Waals surface area contributed by atoms with Crippen LogP contribution in [0, 0.1) is 0 Å². The molecule has 0 radical (unpaired) electrons. The molecule has 1 aliphatic rings. The summed E-state index contributed by atoms with van der Waals surface area (Å²) < 4.78 is 36.3. The molecule has 0 amide bonds. The Morgan fingerprint density at radius 3 is 2.73 bits per heavy atom. The molecule has 1 atom stereocenters. The Bertz CT molecular complexity index is 1390. The molecule has 0 bridgehead atoms. The van der Waals surface area contributed by atoms with Crippen LogP contribution in [-0.4, -0.2) is 45.1 Å². The molecule has 154 valence electrons. The van der Waals surface area contributed by atoms with Crippen LogP contribution in [0.5, 0.6) is 0 Å². The molecule has 0 spiro atoms. The fraction of sp³-hybridized carbons (Fsp3) is 0.250. The molecule has 30 heavy (non-hydrogen) atoms. The molecule has 2 aromatic carbocycles. The summed E-state index contributed by atoms with van der Waals surface area (Å²) >= 11 is 0. The lowest BCUT2D eigenvalue weighted by molar-refractivity contribution is 0.452. The number of fused-ring (bicyclic) bond motifs is 1. The van der Waals surface area contributed by atoms with Gasteiger partial charge < -0.3 is 8.98 Å². The highest BCUT2D eigenvalue weighted by Crippen LogP contribution is 2.31. The van der Waals surface area contributed by atoms with E-state index < -0.39 is 15.8 Å². The number of rotatable bonds is 4. The van der Waals surface area contributed by atoms with E-state index in [1.807, 2.05) is 34.9 Å². The molecule has 1 aliphatic heterocycles. The molecule has 3 heterocycles. The number of aromatic nitrogens is 4. The Labute approximate surface area is 172 Å². The number of sulfonamides is 1. The average Bonchev–Trinajstić information content (AvgIpc) is 3.48. The zero-order chi connectivity index (χ0) is 20.9. The first-order valence-corrected chi connectivity index (χ1v) is 10.9. The van der Waals surface area contributed by atoms with Crippen LogP contribution in [0.4, 0.5) is 0 Å². The van der Waals surface area contributed by atoms with Crippen molar-refractivity contribution >= 4 is 21.1 Å². The summed E-state index contributed by atoms with van der Waals surface area (Å²) in [5, 5.41) is 8.26. The molecule has 10 heteroatoms. The number of oxazole rings is 1. The number of hydrogen-bond donors (Lipinski definition) is 0. The van der Waals surface area contributed by atoms with Crippen molar-refractivity contribution in [1.82, 2.24) is 23.6 Å². The summed E-state index contributed by atoms with van der Waals surface area (Å²) in [6, 6.07) is 14.1. The lowest BCUT2D eigenvalue weighted by Crippen LogP contribution is -2.29. The zero-order valence-corrected chi connectivity index (χ0v) is 17.0. The van der Waals surface area contributed by atoms with E-state index in [1.54, 1.807) is 19.4 Å². The van der Waals surface area contributed by atoms with Gasteiger partial charge in [-0.15, -0.1) is 10.2 Å². The fourth-order valence-corrected chi connectivity index (χ4v) is 5.39. The van der Waals surface area contributed by atoms with E-state index in [4.69, 9.17) is 4.42 Å². The summed E-state index contributed by atoms with van der Waals surface area (Å²) in [5.41, 5.74) is 1.74. The predicted molar refractivity (Wildman–Crippen MR) is 109 cm³/mol. The van der Waals surface area contributed by atoms with E-state index in [0.29, 0.717) is 30.9 Å². The van der Waals surface area contributed by atoms with E-state index in [0.717, 1.165) is 5.56 Å². The second-order valence-corrected chi connectivity index (χ2v) is 9.23. The largest absolute Gasteiger partial charge is 0.419 e. The second-order valence-electron chi connectivity index (χ2n) is 7.29. The minimum atomic E-state index is -3.73. The van der Waals surface area contributed by atoms with Gasteiger partial charge in [-0.3, -0.25) is 4.57 Å². The van der Waals surface area contributed by atoms with Crippen molar-refractivity contribution in [3.8, 4) is 11.4 Å². The van der Waals surface area contributed by atoms with Gasteiger partial charge in [0.2, 0.25) is 10.0 Å². The second kappa shape index (κ2) is 6.92. The third-order valence-corrected chi connectivity index (χ3v) is 7.39. The van der Waals surface area contributed by atoms with Crippen LogP contribution in [0.2, 0.25) is 0 Å². The van der Waals surface area contributed by atoms with Crippen molar-refractivity contribution in [2.75, 3.05) is 13.1 Å². The van der Waals surface area contributed by atoms with Crippen LogP contribution in [-0.2, 0) is 17.1 Å². The molecule has 0 aliphatic carbocycles. The summed E-state index contributed by atoms with van der Waals surface area (Å²) in [6.45, 7) is 0.702. The monoisotopic (exact) mass is 425 g/mol. The Morgan fingerprint density at radius 2 is 1.93 bits per heavy atom. The maximum absolute atomic E-state index is 13.2. The third kappa shape index (κ3) is 2.96. The Hall–Kier alpha value is -3.24. The Kier molecular flexibility index (Phi) is 4.33. The smallest absolute Gasteiger partial charge is 0.408 e. The third-order valence-electron chi connectivity index (χ3n) is 5.53. The lowest BCUT2D eigenvalue weighted by atomic mass is 10.2. The van der Waals surface area contributed by atoms with Gasteiger partial charge in [-0.1, -0.05) is 30.3 Å². The maximum Gasteiger partial charge on any atom is 0.419 e. The molecular formula is C20H19N5O4S. The SMILES string of the molecule is Cn1c(=O)oc2cc(S(=O)(=O)N3CCC(n4cnnc4-c4ccccc4)C3)ccc21. The highest BCUT2D eigenvalue weighted by molar-refractivity contribution is 7.89. The van der Waals surface area contributed by atoms with Crippen LogP contribution < -0.4 is 5.76 Å². The van der Waals surface area contributed by atoms with Crippen molar-refractivity contribution in [3.63, 3.8) is 0 Å². The van der Waals surface area contributed by atoms with Gasteiger partial charge in [-0.05, 0) is 18.6 Å². The molecule has 0 saturated carbocycles. The zero-order valence-electron chi connectivity index (χ0n) is 16.2. The number of hydrogen-bond acceptors (Lipinski definition) is 6. The van der Waals surface area contributed by atoms with Crippen LogP contribution >= 0.6 is 0 Å². The number of benzene rings is 2. The normalized spacial score (nSPS) is 17.7. The average molecular weight is 425 g/mol. The van der Waals surface area contributed by atoms with Crippen molar-refractivity contribution in [2.45, 2.75) is 17.4 Å². The topological polar surface area (TPSA) is 103 Å². The quantitative estimate of drug-likeness (QED) is 0.496. The first kappa shape index (κ1) is 18.8. The van der Waals surface area contributed by atoms with Crippen molar-refractivity contribution in [1.29, 1.82) is 0 Å². The van der Waals surface area contributed by atoms with Crippen molar-refractivity contribution in [2.24, 2.45) is 7.05 Å².